The van der Waals surface area contributed by atoms with Crippen LogP contribution in [0.2, 0.25) is 0 Å². The van der Waals surface area contributed by atoms with E-state index in [9.17, 15) is 0 Å². The Kier molecular flexibility index (Phi) is 6.99. The van der Waals surface area contributed by atoms with Crippen molar-refractivity contribution in [1.29, 1.82) is 0 Å². The third-order valence-electron chi connectivity index (χ3n) is 10.8. The number of hydrogen-bond donors (Lipinski definition) is 0. The van der Waals surface area contributed by atoms with Gasteiger partial charge in [0.25, 0.3) is 0 Å². The molecule has 2 aliphatic heterocycles. The SMILES string of the molecule is CN1/C(=C/C=C/C2=[N+](C)c3c(ccc4ccccc34)C2(C)Cc2ccccc2)C(C)(Cc2ccccc2)c2ccc3ccccc3c21. The van der Waals surface area contributed by atoms with Crippen molar-refractivity contribution < 1.29 is 4.58 Å². The van der Waals surface area contributed by atoms with Crippen LogP contribution in [0.4, 0.5) is 11.4 Å². The Balaban J connectivity index is 1.27. The summed E-state index contributed by atoms with van der Waals surface area (Å²) in [7, 11) is 4.50. The number of rotatable bonds is 6. The summed E-state index contributed by atoms with van der Waals surface area (Å²) >= 11 is 0. The molecule has 0 fully saturated rings. The molecule has 0 aliphatic carbocycles. The zero-order valence-electron chi connectivity index (χ0n) is 27.7. The van der Waals surface area contributed by atoms with Crippen LogP contribution in [0.25, 0.3) is 21.5 Å². The molecule has 2 heteroatoms. The highest BCUT2D eigenvalue weighted by atomic mass is 15.2. The molecule has 230 valence electrons. The van der Waals surface area contributed by atoms with Gasteiger partial charge in [-0.1, -0.05) is 133 Å². The first kappa shape index (κ1) is 29.2. The third kappa shape index (κ3) is 4.66. The first-order valence-electron chi connectivity index (χ1n) is 16.7. The fraction of sp³-hybridized carbons (Fsp3) is 0.178. The molecular weight excluding hydrogens is 569 g/mol. The number of anilines is 1. The molecule has 0 radical (unpaired) electrons. The normalized spacial score (nSPS) is 21.4. The molecular formula is C45H41N2+. The van der Waals surface area contributed by atoms with E-state index in [1.807, 2.05) is 0 Å². The monoisotopic (exact) mass is 609 g/mol. The van der Waals surface area contributed by atoms with Gasteiger partial charge in [-0.3, -0.25) is 0 Å². The summed E-state index contributed by atoms with van der Waals surface area (Å²) in [5.74, 6) is 0. The first-order valence-corrected chi connectivity index (χ1v) is 16.7. The Morgan fingerprint density at radius 2 is 1.13 bits per heavy atom. The van der Waals surface area contributed by atoms with Crippen LogP contribution in [-0.2, 0) is 23.7 Å². The van der Waals surface area contributed by atoms with Gasteiger partial charge < -0.3 is 4.90 Å². The number of fused-ring (bicyclic) bond motifs is 6. The third-order valence-corrected chi connectivity index (χ3v) is 10.8. The lowest BCUT2D eigenvalue weighted by atomic mass is 9.74. The van der Waals surface area contributed by atoms with Gasteiger partial charge >= 0.3 is 0 Å². The van der Waals surface area contributed by atoms with Crippen molar-refractivity contribution in [2.24, 2.45) is 0 Å². The maximum Gasteiger partial charge on any atom is 0.217 e. The van der Waals surface area contributed by atoms with Crippen LogP contribution >= 0.6 is 0 Å². The molecule has 0 aromatic heterocycles. The summed E-state index contributed by atoms with van der Waals surface area (Å²) in [6.45, 7) is 4.85. The Morgan fingerprint density at radius 3 is 1.79 bits per heavy atom. The minimum atomic E-state index is -0.182. The number of allylic oxidation sites excluding steroid dienone is 4. The molecule has 0 saturated carbocycles. The van der Waals surface area contributed by atoms with Gasteiger partial charge in [-0.25, -0.2) is 0 Å². The molecule has 8 rings (SSSR count). The van der Waals surface area contributed by atoms with Gasteiger partial charge in [-0.05, 0) is 66.3 Å². The molecule has 0 spiro atoms. The minimum Gasteiger partial charge on any atom is -0.347 e. The topological polar surface area (TPSA) is 6.25 Å². The molecule has 2 unspecified atom stereocenters. The van der Waals surface area contributed by atoms with E-state index in [4.69, 9.17) is 0 Å². The fourth-order valence-electron chi connectivity index (χ4n) is 8.58. The lowest BCUT2D eigenvalue weighted by Gasteiger charge is -2.29. The van der Waals surface area contributed by atoms with Gasteiger partial charge in [0, 0.05) is 35.2 Å². The van der Waals surface area contributed by atoms with Crippen LogP contribution in [-0.4, -0.2) is 24.4 Å². The van der Waals surface area contributed by atoms with Crippen LogP contribution in [0.5, 0.6) is 0 Å². The van der Waals surface area contributed by atoms with Gasteiger partial charge in [-0.15, -0.1) is 0 Å². The van der Waals surface area contributed by atoms with E-state index in [2.05, 4.69) is 189 Å². The lowest BCUT2D eigenvalue weighted by Crippen LogP contribution is -2.33. The summed E-state index contributed by atoms with van der Waals surface area (Å²) < 4.78 is 2.44. The first-order chi connectivity index (χ1) is 22.9. The molecule has 0 bridgehead atoms. The molecule has 6 aromatic rings. The molecule has 2 nitrogen and oxygen atoms in total. The highest BCUT2D eigenvalue weighted by molar-refractivity contribution is 6.08. The van der Waals surface area contributed by atoms with Gasteiger partial charge in [0.2, 0.25) is 5.69 Å². The second-order valence-electron chi connectivity index (χ2n) is 13.8. The van der Waals surface area contributed by atoms with Crippen LogP contribution in [0.3, 0.4) is 0 Å². The van der Waals surface area contributed by atoms with Crippen LogP contribution in [0.1, 0.15) is 36.1 Å². The highest BCUT2D eigenvalue weighted by Crippen LogP contribution is 2.52. The molecule has 2 atom stereocenters. The highest BCUT2D eigenvalue weighted by Gasteiger charge is 2.48. The van der Waals surface area contributed by atoms with Crippen molar-refractivity contribution >= 4 is 38.6 Å². The maximum atomic E-state index is 2.44. The molecule has 47 heavy (non-hydrogen) atoms. The standard InChI is InChI=1S/C45H41N2/c1-44(30-32-16-7-5-8-17-32)38-28-26-34-20-11-13-22-36(34)42(38)46(3)40(44)24-15-25-41-45(2,31-33-18-9-6-10-19-33)39-29-27-35-21-12-14-23-37(35)43(39)47(41)4/h5-29H,30-31H2,1-4H3/q+1. The minimum absolute atomic E-state index is 0.182. The largest absolute Gasteiger partial charge is 0.347 e. The summed E-state index contributed by atoms with van der Waals surface area (Å²) in [6, 6.07) is 48.8. The van der Waals surface area contributed by atoms with Crippen molar-refractivity contribution in [1.82, 2.24) is 0 Å². The van der Waals surface area contributed by atoms with Crippen LogP contribution in [0.15, 0.2) is 157 Å². The Morgan fingerprint density at radius 1 is 0.596 bits per heavy atom. The Hall–Kier alpha value is -5.21. The van der Waals surface area contributed by atoms with Crippen molar-refractivity contribution in [3.63, 3.8) is 0 Å². The van der Waals surface area contributed by atoms with Gasteiger partial charge in [0.1, 0.15) is 7.05 Å². The van der Waals surface area contributed by atoms with E-state index < -0.39 is 0 Å². The summed E-state index contributed by atoms with van der Waals surface area (Å²) in [4.78, 5) is 2.44. The van der Waals surface area contributed by atoms with E-state index in [0.717, 1.165) is 12.8 Å². The summed E-state index contributed by atoms with van der Waals surface area (Å²) in [5, 5.41) is 5.17. The van der Waals surface area contributed by atoms with Crippen molar-refractivity contribution in [2.45, 2.75) is 37.5 Å². The van der Waals surface area contributed by atoms with Gasteiger partial charge in [0.05, 0.1) is 16.5 Å². The Bertz CT molecular complexity index is 2240. The molecule has 6 aromatic carbocycles. The van der Waals surface area contributed by atoms with Gasteiger partial charge in [-0.2, -0.15) is 4.58 Å². The smallest absolute Gasteiger partial charge is 0.217 e. The van der Waals surface area contributed by atoms with E-state index in [0.29, 0.717) is 0 Å². The predicted octanol–water partition coefficient (Wildman–Crippen LogP) is 10.3. The number of nitrogens with zero attached hydrogens (tertiary/aromatic N) is 2. The molecule has 0 amide bonds. The quantitative estimate of drug-likeness (QED) is 0.170. The average molecular weight is 610 g/mol. The molecule has 2 heterocycles. The van der Waals surface area contributed by atoms with E-state index >= 15 is 0 Å². The fourth-order valence-corrected chi connectivity index (χ4v) is 8.58. The summed E-state index contributed by atoms with van der Waals surface area (Å²) in [5.41, 5.74) is 10.4. The number of likely N-dealkylation sites (N-methyl/N-ethyl adjacent to an activating group) is 1. The maximum absolute atomic E-state index is 2.44. The van der Waals surface area contributed by atoms with Crippen molar-refractivity contribution in [3.05, 3.63) is 180 Å². The number of benzene rings is 6. The van der Waals surface area contributed by atoms with E-state index in [1.165, 1.54) is 66.6 Å². The van der Waals surface area contributed by atoms with Crippen LogP contribution < -0.4 is 4.90 Å². The van der Waals surface area contributed by atoms with Crippen LogP contribution in [0, 0.1) is 0 Å². The van der Waals surface area contributed by atoms with E-state index in [1.54, 1.807) is 0 Å². The predicted molar refractivity (Wildman–Crippen MR) is 199 cm³/mol. The van der Waals surface area contributed by atoms with Crippen molar-refractivity contribution in [2.75, 3.05) is 19.0 Å². The molecule has 0 saturated heterocycles. The molecule has 2 aliphatic rings. The van der Waals surface area contributed by atoms with E-state index in [-0.39, 0.29) is 10.8 Å². The van der Waals surface area contributed by atoms with Gasteiger partial charge in [0.15, 0.2) is 5.71 Å². The Labute approximate surface area is 278 Å². The summed E-state index contributed by atoms with van der Waals surface area (Å²) in [6.07, 6.45) is 8.93. The average Bonchev–Trinajstić information content (AvgIpc) is 3.44. The number of hydrogen-bond acceptors (Lipinski definition) is 1. The second kappa shape index (κ2) is 11.2. The van der Waals surface area contributed by atoms with Crippen molar-refractivity contribution in [3.8, 4) is 0 Å². The lowest BCUT2D eigenvalue weighted by molar-refractivity contribution is -0.399. The molecule has 0 N–H and O–H groups in total. The second-order valence-corrected chi connectivity index (χ2v) is 13.8. The zero-order chi connectivity index (χ0) is 32.2. The zero-order valence-corrected chi connectivity index (χ0v) is 27.7.